The molecular weight excluding hydrogens is 311 g/mol. The highest BCUT2D eigenvalue weighted by atomic mass is 19.1. The van der Waals surface area contributed by atoms with Gasteiger partial charge in [0.1, 0.15) is 17.7 Å². The molecule has 1 amide bonds. The van der Waals surface area contributed by atoms with Crippen LogP contribution in [-0.4, -0.2) is 19.2 Å². The molecule has 0 aliphatic rings. The molecule has 5 nitrogen and oxygen atoms in total. The van der Waals surface area contributed by atoms with Crippen molar-refractivity contribution in [1.82, 2.24) is 0 Å². The number of rotatable bonds is 3. The van der Waals surface area contributed by atoms with Crippen molar-refractivity contribution in [3.05, 3.63) is 65.2 Å². The molecular formula is C18H17FN2O3. The number of primary amides is 1. The lowest BCUT2D eigenvalue weighted by molar-refractivity contribution is 0.0976. The average molecular weight is 328 g/mol. The first-order valence-electron chi connectivity index (χ1n) is 7.17. The van der Waals surface area contributed by atoms with Crippen LogP contribution in [0.2, 0.25) is 0 Å². The number of halogens is 1. The van der Waals surface area contributed by atoms with Gasteiger partial charge < -0.3 is 15.5 Å². The number of benzene rings is 2. The van der Waals surface area contributed by atoms with Crippen LogP contribution in [-0.2, 0) is 0 Å². The lowest BCUT2D eigenvalue weighted by atomic mass is 10.1. The summed E-state index contributed by atoms with van der Waals surface area (Å²) in [5.41, 5.74) is 8.12. The Hall–Kier alpha value is -3.15. The van der Waals surface area contributed by atoms with Gasteiger partial charge in [-0.15, -0.1) is 0 Å². The lowest BCUT2D eigenvalue weighted by Gasteiger charge is -1.97. The van der Waals surface area contributed by atoms with E-state index < -0.39 is 5.91 Å². The topological polar surface area (TPSA) is 85.3 Å². The molecule has 0 spiro atoms. The monoisotopic (exact) mass is 328 g/mol. The van der Waals surface area contributed by atoms with Gasteiger partial charge in [-0.05, 0) is 48.9 Å². The Morgan fingerprint density at radius 2 is 1.88 bits per heavy atom. The van der Waals surface area contributed by atoms with E-state index in [9.17, 15) is 14.0 Å². The Morgan fingerprint density at radius 3 is 2.42 bits per heavy atom. The van der Waals surface area contributed by atoms with Gasteiger partial charge in [0.05, 0.1) is 5.69 Å². The summed E-state index contributed by atoms with van der Waals surface area (Å²) in [7, 11) is 1.73. The SMILES string of the molecule is CNc1c(C(N)=O)oc2cc(C)ccc12.O=Cc1ccc(F)cc1. The average Bonchev–Trinajstić information content (AvgIpc) is 2.94. The van der Waals surface area contributed by atoms with Crippen molar-refractivity contribution < 1.29 is 18.4 Å². The number of anilines is 1. The number of fused-ring (bicyclic) bond motifs is 1. The summed E-state index contributed by atoms with van der Waals surface area (Å²) in [6.45, 7) is 1.96. The molecule has 0 saturated heterocycles. The third-order valence-corrected chi connectivity index (χ3v) is 3.33. The van der Waals surface area contributed by atoms with Crippen molar-refractivity contribution in [2.75, 3.05) is 12.4 Å². The number of hydrogen-bond donors (Lipinski definition) is 2. The Morgan fingerprint density at radius 1 is 1.21 bits per heavy atom. The van der Waals surface area contributed by atoms with Crippen molar-refractivity contribution in [3.63, 3.8) is 0 Å². The summed E-state index contributed by atoms with van der Waals surface area (Å²) in [5, 5.41) is 3.80. The highest BCUT2D eigenvalue weighted by Gasteiger charge is 2.16. The van der Waals surface area contributed by atoms with Gasteiger partial charge in [0.2, 0.25) is 5.76 Å². The summed E-state index contributed by atoms with van der Waals surface area (Å²) in [6, 6.07) is 11.1. The summed E-state index contributed by atoms with van der Waals surface area (Å²) >= 11 is 0. The molecule has 0 fully saturated rings. The molecule has 124 valence electrons. The van der Waals surface area contributed by atoms with E-state index in [0.717, 1.165) is 10.9 Å². The zero-order chi connectivity index (χ0) is 17.7. The van der Waals surface area contributed by atoms with Crippen LogP contribution in [0.25, 0.3) is 11.0 Å². The maximum Gasteiger partial charge on any atom is 0.286 e. The Labute approximate surface area is 138 Å². The fourth-order valence-electron chi connectivity index (χ4n) is 2.17. The molecule has 24 heavy (non-hydrogen) atoms. The minimum atomic E-state index is -0.562. The standard InChI is InChI=1S/C11H12N2O2.C7H5FO/c1-6-3-4-7-8(5-6)15-10(11(12)14)9(7)13-2;8-7-3-1-6(5-9)2-4-7/h3-5,13H,1-2H3,(H2,12,14);1-5H. The fourth-order valence-corrected chi connectivity index (χ4v) is 2.17. The van der Waals surface area contributed by atoms with Crippen LogP contribution < -0.4 is 11.1 Å². The van der Waals surface area contributed by atoms with Crippen LogP contribution in [0.15, 0.2) is 46.9 Å². The Bertz CT molecular complexity index is 870. The van der Waals surface area contributed by atoms with Gasteiger partial charge in [0.15, 0.2) is 0 Å². The molecule has 2 aromatic carbocycles. The van der Waals surface area contributed by atoms with Gasteiger partial charge in [-0.2, -0.15) is 0 Å². The van der Waals surface area contributed by atoms with Crippen LogP contribution in [0.5, 0.6) is 0 Å². The number of hydrogen-bond acceptors (Lipinski definition) is 4. The number of aldehydes is 1. The van der Waals surface area contributed by atoms with Crippen molar-refractivity contribution in [2.24, 2.45) is 5.73 Å². The Balaban J connectivity index is 0.000000198. The molecule has 1 heterocycles. The number of nitrogens with one attached hydrogen (secondary N) is 1. The second-order valence-electron chi connectivity index (χ2n) is 5.09. The van der Waals surface area contributed by atoms with Gasteiger partial charge >= 0.3 is 0 Å². The Kier molecular flexibility index (Phi) is 5.31. The van der Waals surface area contributed by atoms with Gasteiger partial charge in [-0.3, -0.25) is 9.59 Å². The van der Waals surface area contributed by atoms with E-state index in [-0.39, 0.29) is 11.6 Å². The molecule has 3 aromatic rings. The fraction of sp³-hybridized carbons (Fsp3) is 0.111. The first-order chi connectivity index (χ1) is 11.5. The first kappa shape index (κ1) is 17.2. The van der Waals surface area contributed by atoms with Crippen molar-refractivity contribution in [1.29, 1.82) is 0 Å². The van der Waals surface area contributed by atoms with Crippen LogP contribution >= 0.6 is 0 Å². The van der Waals surface area contributed by atoms with E-state index >= 15 is 0 Å². The minimum Gasteiger partial charge on any atom is -0.449 e. The lowest BCUT2D eigenvalue weighted by Crippen LogP contribution is -2.11. The molecule has 1 aromatic heterocycles. The maximum atomic E-state index is 12.1. The van der Waals surface area contributed by atoms with Crippen LogP contribution in [0.4, 0.5) is 10.1 Å². The van der Waals surface area contributed by atoms with E-state index in [2.05, 4.69) is 5.32 Å². The third-order valence-electron chi connectivity index (χ3n) is 3.33. The molecule has 0 aliphatic heterocycles. The largest absolute Gasteiger partial charge is 0.449 e. The second-order valence-corrected chi connectivity index (χ2v) is 5.09. The van der Waals surface area contributed by atoms with E-state index in [4.69, 9.17) is 10.2 Å². The van der Waals surface area contributed by atoms with E-state index in [1.54, 1.807) is 7.05 Å². The quantitative estimate of drug-likeness (QED) is 0.720. The zero-order valence-corrected chi connectivity index (χ0v) is 13.3. The molecule has 0 bridgehead atoms. The van der Waals surface area contributed by atoms with Gasteiger partial charge in [0, 0.05) is 18.0 Å². The molecule has 6 heteroatoms. The number of amides is 1. The third kappa shape index (κ3) is 3.78. The molecule has 0 atom stereocenters. The molecule has 0 unspecified atom stereocenters. The van der Waals surface area contributed by atoms with Gasteiger partial charge in [-0.1, -0.05) is 6.07 Å². The number of carbonyl (C=O) groups is 2. The summed E-state index contributed by atoms with van der Waals surface area (Å²) < 4.78 is 17.5. The van der Waals surface area contributed by atoms with Crippen LogP contribution in [0.3, 0.4) is 0 Å². The minimum absolute atomic E-state index is 0.179. The molecule has 0 saturated carbocycles. The highest BCUT2D eigenvalue weighted by molar-refractivity contribution is 6.05. The second kappa shape index (κ2) is 7.41. The normalized spacial score (nSPS) is 9.96. The van der Waals surface area contributed by atoms with Gasteiger partial charge in [-0.25, -0.2) is 4.39 Å². The van der Waals surface area contributed by atoms with Crippen LogP contribution in [0.1, 0.15) is 26.5 Å². The van der Waals surface area contributed by atoms with E-state index in [1.807, 2.05) is 25.1 Å². The first-order valence-corrected chi connectivity index (χ1v) is 7.17. The number of aryl methyl sites for hydroxylation is 1. The predicted octanol–water partition coefficient (Wildman–Crippen LogP) is 3.52. The zero-order valence-electron chi connectivity index (χ0n) is 13.3. The van der Waals surface area contributed by atoms with Crippen molar-refractivity contribution >= 4 is 28.8 Å². The predicted molar refractivity (Wildman–Crippen MR) is 90.8 cm³/mol. The maximum absolute atomic E-state index is 12.1. The van der Waals surface area contributed by atoms with E-state index in [1.165, 1.54) is 24.3 Å². The summed E-state index contributed by atoms with van der Waals surface area (Å²) in [5.74, 6) is -0.702. The van der Waals surface area contributed by atoms with Gasteiger partial charge in [0.25, 0.3) is 5.91 Å². The smallest absolute Gasteiger partial charge is 0.286 e. The molecule has 3 rings (SSSR count). The molecule has 3 N–H and O–H groups in total. The highest BCUT2D eigenvalue weighted by Crippen LogP contribution is 2.30. The molecule has 0 aliphatic carbocycles. The van der Waals surface area contributed by atoms with Crippen molar-refractivity contribution in [2.45, 2.75) is 6.92 Å². The number of furan rings is 1. The van der Waals surface area contributed by atoms with Crippen LogP contribution in [0, 0.1) is 12.7 Å². The summed E-state index contributed by atoms with van der Waals surface area (Å²) in [4.78, 5) is 21.1. The van der Waals surface area contributed by atoms with Crippen molar-refractivity contribution in [3.8, 4) is 0 Å². The number of carbonyl (C=O) groups excluding carboxylic acids is 2. The summed E-state index contributed by atoms with van der Waals surface area (Å²) in [6.07, 6.45) is 0.680. The molecule has 0 radical (unpaired) electrons. The van der Waals surface area contributed by atoms with E-state index in [0.29, 0.717) is 23.1 Å². The number of nitrogens with two attached hydrogens (primary N) is 1.